The van der Waals surface area contributed by atoms with Crippen LogP contribution in [0.15, 0.2) is 48.5 Å². The first-order valence-corrected chi connectivity index (χ1v) is 14.2. The Morgan fingerprint density at radius 1 is 1.16 bits per heavy atom. The minimum atomic E-state index is -0.824. The third-order valence-electron chi connectivity index (χ3n) is 8.32. The summed E-state index contributed by atoms with van der Waals surface area (Å²) in [5.74, 6) is 0.435. The Bertz CT molecular complexity index is 1410. The van der Waals surface area contributed by atoms with Gasteiger partial charge >= 0.3 is 6.09 Å². The van der Waals surface area contributed by atoms with Crippen molar-refractivity contribution in [2.24, 2.45) is 0 Å². The van der Waals surface area contributed by atoms with Crippen molar-refractivity contribution in [2.45, 2.75) is 56.3 Å². The molecule has 2 amide bonds. The number of hydrogen-bond acceptors (Lipinski definition) is 6. The lowest BCUT2D eigenvalue weighted by Gasteiger charge is -2.53. The van der Waals surface area contributed by atoms with Crippen molar-refractivity contribution in [1.82, 2.24) is 20.5 Å². The van der Waals surface area contributed by atoms with Gasteiger partial charge in [-0.1, -0.05) is 54.2 Å². The number of likely N-dealkylation sites (tertiary alicyclic amines) is 1. The number of benzene rings is 2. The number of amides is 2. The second-order valence-electron chi connectivity index (χ2n) is 10.7. The number of rotatable bonds is 3. The molecule has 38 heavy (non-hydrogen) atoms. The maximum atomic E-state index is 14.1. The molecule has 3 N–H and O–H groups in total. The topological polar surface area (TPSA) is 104 Å². The Morgan fingerprint density at radius 3 is 2.79 bits per heavy atom. The number of likely N-dealkylation sites (N-methyl/N-ethyl adjacent to an activating group) is 1. The molecule has 0 radical (unpaired) electrons. The molecule has 8 nitrogen and oxygen atoms in total. The number of aromatic nitrogens is 1. The molecule has 3 aliphatic rings. The number of alkyl carbamates (subject to hydrolysis) is 1. The van der Waals surface area contributed by atoms with Crippen molar-refractivity contribution in [3.63, 3.8) is 0 Å². The highest BCUT2D eigenvalue weighted by atomic mass is 32.2. The number of piperidine rings is 1. The first-order valence-electron chi connectivity index (χ1n) is 13.2. The second-order valence-corrected chi connectivity index (χ2v) is 11.8. The van der Waals surface area contributed by atoms with Gasteiger partial charge < -0.3 is 25.3 Å². The van der Waals surface area contributed by atoms with Gasteiger partial charge in [0.25, 0.3) is 5.24 Å². The van der Waals surface area contributed by atoms with E-state index in [-0.39, 0.29) is 29.6 Å². The molecule has 1 saturated heterocycles. The fraction of sp³-hybridized carbons (Fsp3) is 0.414. The summed E-state index contributed by atoms with van der Waals surface area (Å²) in [5, 5.41) is 7.03. The van der Waals surface area contributed by atoms with Crippen LogP contribution < -0.4 is 10.6 Å². The number of ether oxygens (including phenoxy) is 1. The van der Waals surface area contributed by atoms with Gasteiger partial charge in [-0.3, -0.25) is 9.59 Å². The quantitative estimate of drug-likeness (QED) is 0.443. The molecule has 0 saturated carbocycles. The largest absolute Gasteiger partial charge is 0.445 e. The lowest BCUT2D eigenvalue weighted by molar-refractivity contribution is 0.0740. The van der Waals surface area contributed by atoms with Gasteiger partial charge in [0.2, 0.25) is 5.78 Å². The van der Waals surface area contributed by atoms with E-state index in [2.05, 4.69) is 40.6 Å². The van der Waals surface area contributed by atoms with Crippen LogP contribution in [0.5, 0.6) is 0 Å². The highest BCUT2D eigenvalue weighted by molar-refractivity contribution is 8.13. The molecule has 2 aromatic carbocycles. The average molecular weight is 533 g/mol. The maximum absolute atomic E-state index is 14.1. The zero-order chi connectivity index (χ0) is 26.4. The van der Waals surface area contributed by atoms with E-state index in [9.17, 15) is 14.4 Å². The number of carbonyl (C=O) groups excluding carboxylic acids is 3. The van der Waals surface area contributed by atoms with Crippen LogP contribution in [-0.2, 0) is 16.9 Å². The number of Topliss-reactive ketones (excluding diaryl/α,β-unsaturated/α-hetero) is 1. The van der Waals surface area contributed by atoms with Crippen molar-refractivity contribution in [1.29, 1.82) is 0 Å². The van der Waals surface area contributed by atoms with Crippen LogP contribution in [0.1, 0.15) is 59.3 Å². The third kappa shape index (κ3) is 4.18. The minimum absolute atomic E-state index is 0.00271. The summed E-state index contributed by atoms with van der Waals surface area (Å²) in [4.78, 5) is 45.9. The molecule has 4 atom stereocenters. The highest BCUT2D eigenvalue weighted by Crippen LogP contribution is 2.52. The lowest BCUT2D eigenvalue weighted by atomic mass is 9.65. The van der Waals surface area contributed by atoms with E-state index in [1.165, 1.54) is 5.56 Å². The van der Waals surface area contributed by atoms with Crippen LogP contribution in [0.2, 0.25) is 0 Å². The number of nitrogens with one attached hydrogen (secondary N) is 3. The molecule has 9 heteroatoms. The summed E-state index contributed by atoms with van der Waals surface area (Å²) in [6, 6.07) is 14.8. The van der Waals surface area contributed by atoms with Gasteiger partial charge in [0.15, 0.2) is 0 Å². The molecule has 1 fully saturated rings. The van der Waals surface area contributed by atoms with Crippen molar-refractivity contribution in [3.8, 4) is 0 Å². The lowest BCUT2D eigenvalue weighted by Crippen LogP contribution is -2.62. The Morgan fingerprint density at radius 2 is 1.97 bits per heavy atom. The summed E-state index contributed by atoms with van der Waals surface area (Å²) in [7, 11) is 2.10. The molecule has 0 bridgehead atoms. The molecule has 2 aliphatic heterocycles. The summed E-state index contributed by atoms with van der Waals surface area (Å²) in [6.07, 6.45) is 1.76. The van der Waals surface area contributed by atoms with Gasteiger partial charge in [-0.25, -0.2) is 4.79 Å². The van der Waals surface area contributed by atoms with Crippen LogP contribution in [0, 0.1) is 0 Å². The Balaban J connectivity index is 1.40. The minimum Gasteiger partial charge on any atom is -0.445 e. The molecule has 2 unspecified atom stereocenters. The van der Waals surface area contributed by atoms with Crippen LogP contribution in [0.3, 0.4) is 0 Å². The molecular formula is C29H32N4O4S. The zero-order valence-corrected chi connectivity index (χ0v) is 22.4. The SMILES string of the molecule is CN1CCCC2c3cccc4[nH]c5c(c34)C(C)(NC(=O)SCC[C@H](NC(=O)OCc3ccccc3)C5=O)[C@H]21. The van der Waals surface area contributed by atoms with Gasteiger partial charge in [-0.2, -0.15) is 0 Å². The fourth-order valence-corrected chi connectivity index (χ4v) is 7.60. The Kier molecular flexibility index (Phi) is 6.44. The van der Waals surface area contributed by atoms with E-state index in [4.69, 9.17) is 4.74 Å². The number of ketones is 1. The third-order valence-corrected chi connectivity index (χ3v) is 9.12. The smallest absolute Gasteiger partial charge is 0.408 e. The van der Waals surface area contributed by atoms with Gasteiger partial charge in [0, 0.05) is 34.2 Å². The van der Waals surface area contributed by atoms with E-state index in [1.807, 2.05) is 42.5 Å². The Hall–Kier alpha value is -3.30. The molecular weight excluding hydrogens is 500 g/mol. The molecule has 0 spiro atoms. The Labute approximate surface area is 225 Å². The van der Waals surface area contributed by atoms with Crippen molar-refractivity contribution in [2.75, 3.05) is 19.3 Å². The van der Waals surface area contributed by atoms with Gasteiger partial charge in [0.05, 0.1) is 17.3 Å². The van der Waals surface area contributed by atoms with Crippen LogP contribution in [0.25, 0.3) is 10.9 Å². The molecule has 1 aromatic heterocycles. The van der Waals surface area contributed by atoms with E-state index in [0.717, 1.165) is 53.2 Å². The van der Waals surface area contributed by atoms with Crippen LogP contribution >= 0.6 is 11.8 Å². The first-order chi connectivity index (χ1) is 18.4. The average Bonchev–Trinajstić information content (AvgIpc) is 3.31. The zero-order valence-electron chi connectivity index (χ0n) is 21.6. The summed E-state index contributed by atoms with van der Waals surface area (Å²) in [6.45, 7) is 3.09. The molecule has 1 aliphatic carbocycles. The van der Waals surface area contributed by atoms with Gasteiger partial charge in [-0.05, 0) is 57.0 Å². The number of hydrogen-bond donors (Lipinski definition) is 3. The van der Waals surface area contributed by atoms with E-state index < -0.39 is 17.7 Å². The summed E-state index contributed by atoms with van der Waals surface area (Å²) < 4.78 is 5.43. The van der Waals surface area contributed by atoms with E-state index in [0.29, 0.717) is 17.9 Å². The van der Waals surface area contributed by atoms with Gasteiger partial charge in [-0.15, -0.1) is 0 Å². The normalized spacial score (nSPS) is 27.4. The standard InChI is InChI=1S/C29H32N4O4S/c1-29-23-22-18(19-11-7-14-33(2)26(19)29)10-6-12-20(22)30-24(23)25(34)21(13-15-38-28(36)32-29)31-27(35)37-16-17-8-4-3-5-9-17/h3-6,8-10,12,19,21,26,30H,7,11,13-16H2,1-2H3,(H,31,35)(H,32,36)/t19?,21-,26-,29?/m0/s1. The highest BCUT2D eigenvalue weighted by Gasteiger charge is 2.53. The number of thioether (sulfide) groups is 1. The van der Waals surface area contributed by atoms with Crippen molar-refractivity contribution >= 4 is 39.8 Å². The number of carbonyl (C=O) groups is 3. The molecule has 3 heterocycles. The first kappa shape index (κ1) is 25.0. The van der Waals surface area contributed by atoms with Crippen LogP contribution in [-0.4, -0.2) is 58.4 Å². The second kappa shape index (κ2) is 9.78. The monoisotopic (exact) mass is 532 g/mol. The predicted octanol–water partition coefficient (Wildman–Crippen LogP) is 4.90. The molecule has 3 aromatic rings. The van der Waals surface area contributed by atoms with Gasteiger partial charge in [0.1, 0.15) is 6.61 Å². The fourth-order valence-electron chi connectivity index (χ4n) is 6.77. The summed E-state index contributed by atoms with van der Waals surface area (Å²) in [5.41, 5.74) is 3.45. The number of fused-ring (bicyclic) bond motifs is 3. The summed E-state index contributed by atoms with van der Waals surface area (Å²) >= 11 is 1.16. The number of nitrogens with zero attached hydrogens (tertiary/aromatic N) is 1. The van der Waals surface area contributed by atoms with Crippen LogP contribution in [0.4, 0.5) is 9.59 Å². The van der Waals surface area contributed by atoms with E-state index in [1.54, 1.807) is 0 Å². The van der Waals surface area contributed by atoms with E-state index >= 15 is 0 Å². The predicted molar refractivity (Wildman–Crippen MR) is 148 cm³/mol. The van der Waals surface area contributed by atoms with Crippen molar-refractivity contribution in [3.05, 3.63) is 70.9 Å². The number of aromatic amines is 1. The maximum Gasteiger partial charge on any atom is 0.408 e. The number of H-pyrrole nitrogens is 1. The molecule has 198 valence electrons. The van der Waals surface area contributed by atoms with Crippen molar-refractivity contribution < 1.29 is 19.1 Å². The molecule has 6 rings (SSSR count).